The van der Waals surface area contributed by atoms with E-state index in [1.165, 1.54) is 31.7 Å². The molecule has 1 N–H and O–H groups in total. The first-order chi connectivity index (χ1) is 8.29. The molecule has 17 heavy (non-hydrogen) atoms. The molecular formula is C14H20FNO. The zero-order valence-electron chi connectivity index (χ0n) is 10.3. The van der Waals surface area contributed by atoms with Gasteiger partial charge < -0.3 is 10.1 Å². The van der Waals surface area contributed by atoms with Gasteiger partial charge in [-0.05, 0) is 24.9 Å². The zero-order valence-corrected chi connectivity index (χ0v) is 10.3. The quantitative estimate of drug-likeness (QED) is 0.768. The normalized spacial score (nSPS) is 15.6. The smallest absolute Gasteiger partial charge is 0.131 e. The van der Waals surface area contributed by atoms with Gasteiger partial charge in [0.05, 0.1) is 7.11 Å². The van der Waals surface area contributed by atoms with E-state index in [0.717, 1.165) is 12.5 Å². The molecule has 1 saturated carbocycles. The zero-order chi connectivity index (χ0) is 12.1. The van der Waals surface area contributed by atoms with Crippen molar-refractivity contribution < 1.29 is 9.13 Å². The lowest BCUT2D eigenvalue weighted by Gasteiger charge is -2.25. The van der Waals surface area contributed by atoms with Crippen LogP contribution < -0.4 is 10.1 Å². The summed E-state index contributed by atoms with van der Waals surface area (Å²) in [7, 11) is 1.55. The fraction of sp³-hybridized carbons (Fsp3) is 0.571. The molecule has 1 aliphatic rings. The van der Waals surface area contributed by atoms with E-state index in [0.29, 0.717) is 17.9 Å². The third-order valence-corrected chi connectivity index (χ3v) is 3.53. The summed E-state index contributed by atoms with van der Waals surface area (Å²) >= 11 is 0. The molecule has 1 aromatic carbocycles. The molecular weight excluding hydrogens is 217 g/mol. The number of nitrogens with one attached hydrogen (secondary N) is 1. The molecule has 2 rings (SSSR count). The fourth-order valence-electron chi connectivity index (χ4n) is 2.11. The van der Waals surface area contributed by atoms with E-state index in [-0.39, 0.29) is 5.82 Å². The lowest BCUT2D eigenvalue weighted by molar-refractivity contribution is 0.292. The average molecular weight is 237 g/mol. The number of ether oxygens (including phenoxy) is 1. The highest BCUT2D eigenvalue weighted by molar-refractivity contribution is 5.28. The monoisotopic (exact) mass is 237 g/mol. The van der Waals surface area contributed by atoms with Crippen LogP contribution in [0.3, 0.4) is 0 Å². The van der Waals surface area contributed by atoms with Crippen molar-refractivity contribution in [2.24, 2.45) is 5.92 Å². The van der Waals surface area contributed by atoms with Gasteiger partial charge in [-0.3, -0.25) is 0 Å². The summed E-state index contributed by atoms with van der Waals surface area (Å²) in [6.07, 6.45) is 5.35. The number of methoxy groups -OCH3 is 1. The van der Waals surface area contributed by atoms with E-state index in [2.05, 4.69) is 5.32 Å². The average Bonchev–Trinajstić information content (AvgIpc) is 2.28. The highest BCUT2D eigenvalue weighted by atomic mass is 19.1. The number of hydrogen-bond acceptors (Lipinski definition) is 2. The second-order valence-corrected chi connectivity index (χ2v) is 4.72. The molecule has 0 heterocycles. The van der Waals surface area contributed by atoms with Gasteiger partial charge in [0.25, 0.3) is 0 Å². The summed E-state index contributed by atoms with van der Waals surface area (Å²) in [5.74, 6) is 1.28. The van der Waals surface area contributed by atoms with Gasteiger partial charge in [-0.15, -0.1) is 0 Å². The van der Waals surface area contributed by atoms with Gasteiger partial charge in [0.15, 0.2) is 0 Å². The second kappa shape index (κ2) is 6.01. The maximum absolute atomic E-state index is 13.6. The summed E-state index contributed by atoms with van der Waals surface area (Å²) in [4.78, 5) is 0. The van der Waals surface area contributed by atoms with E-state index in [1.807, 2.05) is 0 Å². The summed E-state index contributed by atoms with van der Waals surface area (Å²) in [5, 5.41) is 3.30. The lowest BCUT2D eigenvalue weighted by Crippen LogP contribution is -2.21. The Morgan fingerprint density at radius 1 is 1.41 bits per heavy atom. The Morgan fingerprint density at radius 3 is 2.82 bits per heavy atom. The Kier molecular flexibility index (Phi) is 4.37. The Hall–Kier alpha value is -1.09. The first kappa shape index (κ1) is 12.4. The second-order valence-electron chi connectivity index (χ2n) is 4.72. The molecule has 0 unspecified atom stereocenters. The standard InChI is InChI=1S/C14H20FNO/c1-17-13-6-5-12(14(15)9-13)10-16-8-7-11-3-2-4-11/h5-6,9,11,16H,2-4,7-8,10H2,1H3. The van der Waals surface area contributed by atoms with Crippen molar-refractivity contribution in [2.45, 2.75) is 32.2 Å². The third-order valence-electron chi connectivity index (χ3n) is 3.53. The van der Waals surface area contributed by atoms with Crippen LogP contribution in [0.5, 0.6) is 5.75 Å². The highest BCUT2D eigenvalue weighted by Crippen LogP contribution is 2.28. The predicted molar refractivity (Wildman–Crippen MR) is 66.6 cm³/mol. The summed E-state index contributed by atoms with van der Waals surface area (Å²) < 4.78 is 18.5. The van der Waals surface area contributed by atoms with E-state index >= 15 is 0 Å². The van der Waals surface area contributed by atoms with Crippen LogP contribution in [0.25, 0.3) is 0 Å². The SMILES string of the molecule is COc1ccc(CNCCC2CCC2)c(F)c1. The molecule has 0 aromatic heterocycles. The minimum Gasteiger partial charge on any atom is -0.497 e. The van der Waals surface area contributed by atoms with E-state index < -0.39 is 0 Å². The van der Waals surface area contributed by atoms with Crippen molar-refractivity contribution in [1.82, 2.24) is 5.32 Å². The van der Waals surface area contributed by atoms with Crippen LogP contribution in [0.1, 0.15) is 31.2 Å². The maximum Gasteiger partial charge on any atom is 0.131 e. The van der Waals surface area contributed by atoms with E-state index in [1.54, 1.807) is 19.2 Å². The lowest BCUT2D eigenvalue weighted by atomic mass is 9.83. The molecule has 0 spiro atoms. The summed E-state index contributed by atoms with van der Waals surface area (Å²) in [6, 6.07) is 5.01. The van der Waals surface area contributed by atoms with Crippen molar-refractivity contribution in [3.05, 3.63) is 29.6 Å². The van der Waals surface area contributed by atoms with Gasteiger partial charge in [-0.1, -0.05) is 25.3 Å². The molecule has 1 aromatic rings. The minimum atomic E-state index is -0.194. The van der Waals surface area contributed by atoms with Crippen LogP contribution in [0.2, 0.25) is 0 Å². The van der Waals surface area contributed by atoms with Crippen molar-refractivity contribution in [3.63, 3.8) is 0 Å². The van der Waals surface area contributed by atoms with Crippen LogP contribution in [0, 0.1) is 11.7 Å². The van der Waals surface area contributed by atoms with Crippen LogP contribution in [-0.2, 0) is 6.54 Å². The first-order valence-electron chi connectivity index (χ1n) is 6.32. The van der Waals surface area contributed by atoms with Crippen LogP contribution in [-0.4, -0.2) is 13.7 Å². The van der Waals surface area contributed by atoms with Gasteiger partial charge in [-0.25, -0.2) is 4.39 Å². The van der Waals surface area contributed by atoms with Crippen LogP contribution in [0.15, 0.2) is 18.2 Å². The fourth-order valence-corrected chi connectivity index (χ4v) is 2.11. The van der Waals surface area contributed by atoms with Gasteiger partial charge >= 0.3 is 0 Å². The number of hydrogen-bond donors (Lipinski definition) is 1. The van der Waals surface area contributed by atoms with E-state index in [9.17, 15) is 4.39 Å². The van der Waals surface area contributed by atoms with Crippen molar-refractivity contribution in [1.29, 1.82) is 0 Å². The van der Waals surface area contributed by atoms with Crippen LogP contribution >= 0.6 is 0 Å². The molecule has 0 bridgehead atoms. The molecule has 0 saturated heterocycles. The van der Waals surface area contributed by atoms with Crippen LogP contribution in [0.4, 0.5) is 4.39 Å². The summed E-state index contributed by atoms with van der Waals surface area (Å²) in [6.45, 7) is 1.58. The predicted octanol–water partition coefficient (Wildman–Crippen LogP) is 3.11. The topological polar surface area (TPSA) is 21.3 Å². The van der Waals surface area contributed by atoms with Gasteiger partial charge in [0.2, 0.25) is 0 Å². The van der Waals surface area contributed by atoms with Gasteiger partial charge in [-0.2, -0.15) is 0 Å². The Balaban J connectivity index is 1.73. The van der Waals surface area contributed by atoms with Crippen molar-refractivity contribution >= 4 is 0 Å². The molecule has 3 heteroatoms. The first-order valence-corrected chi connectivity index (χ1v) is 6.32. The van der Waals surface area contributed by atoms with E-state index in [4.69, 9.17) is 4.74 Å². The third kappa shape index (κ3) is 3.43. The van der Waals surface area contributed by atoms with Gasteiger partial charge in [0, 0.05) is 18.2 Å². The largest absolute Gasteiger partial charge is 0.497 e. The molecule has 0 radical (unpaired) electrons. The van der Waals surface area contributed by atoms with Crippen molar-refractivity contribution in [2.75, 3.05) is 13.7 Å². The number of halogens is 1. The molecule has 0 atom stereocenters. The highest BCUT2D eigenvalue weighted by Gasteiger charge is 2.16. The molecule has 1 fully saturated rings. The van der Waals surface area contributed by atoms with Crippen molar-refractivity contribution in [3.8, 4) is 5.75 Å². The Labute approximate surface area is 102 Å². The number of rotatable bonds is 6. The summed E-state index contributed by atoms with van der Waals surface area (Å²) in [5.41, 5.74) is 0.708. The Morgan fingerprint density at radius 2 is 2.24 bits per heavy atom. The molecule has 94 valence electrons. The molecule has 0 amide bonds. The maximum atomic E-state index is 13.6. The molecule has 0 aliphatic heterocycles. The number of benzene rings is 1. The minimum absolute atomic E-state index is 0.194. The molecule has 2 nitrogen and oxygen atoms in total. The van der Waals surface area contributed by atoms with Gasteiger partial charge in [0.1, 0.15) is 11.6 Å². The Bertz CT molecular complexity index is 363. The molecule has 1 aliphatic carbocycles.